The lowest BCUT2D eigenvalue weighted by atomic mass is 10.1. The van der Waals surface area contributed by atoms with Gasteiger partial charge in [0, 0.05) is 16.1 Å². The number of amidine groups is 1. The number of halogens is 2. The van der Waals surface area contributed by atoms with Crippen LogP contribution < -0.4 is 4.90 Å². The van der Waals surface area contributed by atoms with Crippen molar-refractivity contribution in [1.82, 2.24) is 0 Å². The van der Waals surface area contributed by atoms with Gasteiger partial charge in [0.2, 0.25) is 0 Å². The van der Waals surface area contributed by atoms with E-state index in [4.69, 9.17) is 16.0 Å². The van der Waals surface area contributed by atoms with E-state index in [9.17, 15) is 4.79 Å². The Morgan fingerprint density at radius 3 is 2.50 bits per heavy atom. The lowest BCUT2D eigenvalue weighted by molar-refractivity contribution is -0.113. The highest BCUT2D eigenvalue weighted by Gasteiger charge is 2.33. The zero-order valence-corrected chi connectivity index (χ0v) is 15.7. The van der Waals surface area contributed by atoms with E-state index >= 15 is 0 Å². The second-order valence-electron chi connectivity index (χ2n) is 5.58. The van der Waals surface area contributed by atoms with Crippen LogP contribution in [0.1, 0.15) is 11.3 Å². The maximum Gasteiger partial charge on any atom is 0.282 e. The predicted molar refractivity (Wildman–Crippen MR) is 106 cm³/mol. The van der Waals surface area contributed by atoms with Crippen molar-refractivity contribution in [2.75, 3.05) is 4.90 Å². The first-order chi connectivity index (χ1) is 12.6. The van der Waals surface area contributed by atoms with Crippen LogP contribution in [0.5, 0.6) is 0 Å². The number of hydrogen-bond acceptors (Lipinski definition) is 3. The minimum absolute atomic E-state index is 0.237. The van der Waals surface area contributed by atoms with Crippen LogP contribution in [0.15, 0.2) is 86.5 Å². The first kappa shape index (κ1) is 16.8. The van der Waals surface area contributed by atoms with Gasteiger partial charge in [-0.3, -0.25) is 9.69 Å². The molecule has 0 saturated carbocycles. The molecule has 128 valence electrons. The van der Waals surface area contributed by atoms with Crippen molar-refractivity contribution >= 4 is 51.0 Å². The second kappa shape index (κ2) is 6.94. The Morgan fingerprint density at radius 1 is 1.04 bits per heavy atom. The number of aliphatic imine (C=N–C) groups is 1. The third-order valence-electron chi connectivity index (χ3n) is 3.88. The van der Waals surface area contributed by atoms with Gasteiger partial charge in [-0.15, -0.1) is 0 Å². The van der Waals surface area contributed by atoms with E-state index in [1.165, 1.54) is 0 Å². The quantitative estimate of drug-likeness (QED) is 0.516. The molecule has 4 nitrogen and oxygen atoms in total. The van der Waals surface area contributed by atoms with Gasteiger partial charge in [0.1, 0.15) is 17.3 Å². The van der Waals surface area contributed by atoms with E-state index in [0.29, 0.717) is 27.9 Å². The molecule has 4 rings (SSSR count). The fraction of sp³-hybridized carbons (Fsp3) is 0. The lowest BCUT2D eigenvalue weighted by Gasteiger charge is -2.19. The van der Waals surface area contributed by atoms with Crippen LogP contribution >= 0.6 is 27.5 Å². The fourth-order valence-corrected chi connectivity index (χ4v) is 3.16. The average Bonchev–Trinajstić information content (AvgIpc) is 3.26. The summed E-state index contributed by atoms with van der Waals surface area (Å²) in [6, 6.07) is 18.3. The Balaban J connectivity index is 1.86. The Morgan fingerprint density at radius 2 is 1.81 bits per heavy atom. The van der Waals surface area contributed by atoms with Gasteiger partial charge in [-0.2, -0.15) is 0 Å². The molecule has 2 aromatic carbocycles. The Kier molecular flexibility index (Phi) is 4.49. The standard InChI is InChI=1S/C20H12BrClN2O2/c21-13-7-9-14(10-8-13)24-19(16-5-1-2-6-17(16)22)23-18(20(24)25)12-15-4-3-11-26-15/h1-12H/b18-12+. The molecule has 0 saturated heterocycles. The SMILES string of the molecule is O=C1/C(=C\c2ccco2)N=C(c2ccccc2Cl)N1c1ccc(Br)cc1. The Labute approximate surface area is 163 Å². The van der Waals surface area contributed by atoms with E-state index < -0.39 is 0 Å². The molecule has 3 aromatic rings. The van der Waals surface area contributed by atoms with Crippen molar-refractivity contribution in [1.29, 1.82) is 0 Å². The summed E-state index contributed by atoms with van der Waals surface area (Å²) < 4.78 is 6.24. The highest BCUT2D eigenvalue weighted by molar-refractivity contribution is 9.10. The maximum atomic E-state index is 13.1. The minimum Gasteiger partial charge on any atom is -0.465 e. The normalized spacial score (nSPS) is 15.6. The van der Waals surface area contributed by atoms with Crippen LogP contribution in [0.4, 0.5) is 5.69 Å². The summed E-state index contributed by atoms with van der Waals surface area (Å²) in [4.78, 5) is 19.2. The molecule has 0 atom stereocenters. The first-order valence-electron chi connectivity index (χ1n) is 7.82. The molecule has 1 amide bonds. The molecule has 0 radical (unpaired) electrons. The molecule has 26 heavy (non-hydrogen) atoms. The van der Waals surface area contributed by atoms with E-state index in [-0.39, 0.29) is 11.6 Å². The van der Waals surface area contributed by atoms with Crippen molar-refractivity contribution in [2.45, 2.75) is 0 Å². The number of carbonyl (C=O) groups is 1. The van der Waals surface area contributed by atoms with Crippen LogP contribution in [0, 0.1) is 0 Å². The molecule has 0 unspecified atom stereocenters. The van der Waals surface area contributed by atoms with Gasteiger partial charge in [0.05, 0.1) is 17.0 Å². The van der Waals surface area contributed by atoms with Gasteiger partial charge in [-0.1, -0.05) is 39.7 Å². The molecule has 0 aliphatic carbocycles. The third kappa shape index (κ3) is 3.11. The van der Waals surface area contributed by atoms with Crippen molar-refractivity contribution in [3.05, 3.63) is 93.4 Å². The molecule has 1 aliphatic heterocycles. The van der Waals surface area contributed by atoms with E-state index in [1.807, 2.05) is 42.5 Å². The number of benzene rings is 2. The molecule has 1 aliphatic rings. The first-order valence-corrected chi connectivity index (χ1v) is 8.99. The van der Waals surface area contributed by atoms with Crippen molar-refractivity contribution in [2.24, 2.45) is 4.99 Å². The summed E-state index contributed by atoms with van der Waals surface area (Å²) in [6.45, 7) is 0. The molecule has 0 spiro atoms. The number of carbonyl (C=O) groups excluding carboxylic acids is 1. The zero-order chi connectivity index (χ0) is 18.1. The van der Waals surface area contributed by atoms with Crippen LogP contribution in [0.25, 0.3) is 6.08 Å². The van der Waals surface area contributed by atoms with Gasteiger partial charge in [-0.05, 0) is 48.5 Å². The summed E-state index contributed by atoms with van der Waals surface area (Å²) in [5, 5.41) is 0.528. The molecular weight excluding hydrogens is 416 g/mol. The van der Waals surface area contributed by atoms with E-state index in [1.54, 1.807) is 35.4 Å². The third-order valence-corrected chi connectivity index (χ3v) is 4.74. The molecular formula is C20H12BrClN2O2. The lowest BCUT2D eigenvalue weighted by Crippen LogP contribution is -2.32. The van der Waals surface area contributed by atoms with Crippen LogP contribution in [-0.4, -0.2) is 11.7 Å². The smallest absolute Gasteiger partial charge is 0.282 e. The van der Waals surface area contributed by atoms with Gasteiger partial charge in [0.25, 0.3) is 5.91 Å². The number of furan rings is 1. The van der Waals surface area contributed by atoms with Crippen LogP contribution in [0.2, 0.25) is 5.02 Å². The molecule has 0 fully saturated rings. The molecule has 1 aromatic heterocycles. The second-order valence-corrected chi connectivity index (χ2v) is 6.90. The number of nitrogens with zero attached hydrogens (tertiary/aromatic N) is 2. The number of rotatable bonds is 3. The van der Waals surface area contributed by atoms with Gasteiger partial charge in [0.15, 0.2) is 0 Å². The molecule has 6 heteroatoms. The maximum absolute atomic E-state index is 13.1. The summed E-state index contributed by atoms with van der Waals surface area (Å²) >= 11 is 9.77. The van der Waals surface area contributed by atoms with E-state index in [0.717, 1.165) is 4.47 Å². The highest BCUT2D eigenvalue weighted by atomic mass is 79.9. The van der Waals surface area contributed by atoms with Gasteiger partial charge >= 0.3 is 0 Å². The van der Waals surface area contributed by atoms with Crippen LogP contribution in [-0.2, 0) is 4.79 Å². The van der Waals surface area contributed by atoms with Crippen LogP contribution in [0.3, 0.4) is 0 Å². The predicted octanol–water partition coefficient (Wildman–Crippen LogP) is 5.53. The number of hydrogen-bond donors (Lipinski definition) is 0. The topological polar surface area (TPSA) is 45.8 Å². The minimum atomic E-state index is -0.237. The number of anilines is 1. The molecule has 0 bridgehead atoms. The zero-order valence-electron chi connectivity index (χ0n) is 13.4. The molecule has 0 N–H and O–H groups in total. The summed E-state index contributed by atoms with van der Waals surface area (Å²) in [7, 11) is 0. The summed E-state index contributed by atoms with van der Waals surface area (Å²) in [5.74, 6) is 0.813. The summed E-state index contributed by atoms with van der Waals surface area (Å²) in [5.41, 5.74) is 1.69. The highest BCUT2D eigenvalue weighted by Crippen LogP contribution is 2.31. The Hall–Kier alpha value is -2.63. The van der Waals surface area contributed by atoms with Gasteiger partial charge in [-0.25, -0.2) is 4.99 Å². The number of amides is 1. The van der Waals surface area contributed by atoms with Gasteiger partial charge < -0.3 is 4.42 Å². The summed E-state index contributed by atoms with van der Waals surface area (Å²) in [6.07, 6.45) is 3.18. The van der Waals surface area contributed by atoms with Crippen molar-refractivity contribution in [3.63, 3.8) is 0 Å². The Bertz CT molecular complexity index is 1020. The fourth-order valence-electron chi connectivity index (χ4n) is 2.68. The largest absolute Gasteiger partial charge is 0.465 e. The van der Waals surface area contributed by atoms with E-state index in [2.05, 4.69) is 20.9 Å². The average molecular weight is 428 g/mol. The monoisotopic (exact) mass is 426 g/mol. The molecule has 2 heterocycles. The van der Waals surface area contributed by atoms with Crippen molar-refractivity contribution in [3.8, 4) is 0 Å². The van der Waals surface area contributed by atoms with Crippen molar-refractivity contribution < 1.29 is 9.21 Å².